The Morgan fingerprint density at radius 2 is 1.86 bits per heavy atom. The summed E-state index contributed by atoms with van der Waals surface area (Å²) in [5, 5.41) is 8.82. The summed E-state index contributed by atoms with van der Waals surface area (Å²) in [5.41, 5.74) is -0.168. The van der Waals surface area contributed by atoms with Crippen molar-refractivity contribution in [2.45, 2.75) is 4.90 Å². The summed E-state index contributed by atoms with van der Waals surface area (Å²) in [6, 6.07) is 4.80. The first-order valence-corrected chi connectivity index (χ1v) is 8.89. The number of carboxylic acids is 1. The van der Waals surface area contributed by atoms with Crippen LogP contribution in [0.5, 0.6) is 0 Å². The number of nitrogens with one attached hydrogen (secondary N) is 1. The van der Waals surface area contributed by atoms with Crippen molar-refractivity contribution in [1.82, 2.24) is 9.03 Å². The van der Waals surface area contributed by atoms with Crippen LogP contribution in [0.4, 0.5) is 0 Å². The molecule has 118 valence electrons. The Hall–Kier alpha value is -1.49. The molecule has 0 spiro atoms. The fourth-order valence-electron chi connectivity index (χ4n) is 1.37. The lowest BCUT2D eigenvalue weighted by Crippen LogP contribution is -2.34. The van der Waals surface area contributed by atoms with Crippen LogP contribution in [0.15, 0.2) is 29.2 Å². The molecule has 0 aliphatic rings. The number of carboxylic acid groups (broad SMARTS) is 1. The van der Waals surface area contributed by atoms with Crippen molar-refractivity contribution < 1.29 is 26.7 Å². The Kier molecular flexibility index (Phi) is 5.45. The van der Waals surface area contributed by atoms with Gasteiger partial charge in [0.25, 0.3) is 0 Å². The molecule has 0 radical (unpaired) electrons. The minimum Gasteiger partial charge on any atom is -0.478 e. The highest BCUT2D eigenvalue weighted by molar-refractivity contribution is 7.90. The van der Waals surface area contributed by atoms with Gasteiger partial charge in [0.15, 0.2) is 0 Å². The van der Waals surface area contributed by atoms with Crippen LogP contribution in [0.1, 0.15) is 10.4 Å². The number of nitrogens with zero attached hydrogens (tertiary/aromatic N) is 1. The van der Waals surface area contributed by atoms with Crippen LogP contribution in [0.25, 0.3) is 0 Å². The summed E-state index contributed by atoms with van der Waals surface area (Å²) < 4.78 is 50.0. The molecule has 0 aliphatic carbocycles. The molecule has 21 heavy (non-hydrogen) atoms. The highest BCUT2D eigenvalue weighted by atomic mass is 32.2. The van der Waals surface area contributed by atoms with Gasteiger partial charge in [-0.05, 0) is 18.2 Å². The monoisotopic (exact) mass is 336 g/mol. The van der Waals surface area contributed by atoms with E-state index in [1.54, 1.807) is 0 Å². The summed E-state index contributed by atoms with van der Waals surface area (Å²) in [6.07, 6.45) is 0. The topological polar surface area (TPSA) is 121 Å². The molecule has 0 aromatic heterocycles. The molecule has 0 bridgehead atoms. The zero-order chi connectivity index (χ0) is 16.3. The second-order valence-electron chi connectivity index (χ2n) is 4.33. The highest BCUT2D eigenvalue weighted by Gasteiger charge is 2.18. The fourth-order valence-corrected chi connectivity index (χ4v) is 3.30. The quantitative estimate of drug-likeness (QED) is 0.696. The highest BCUT2D eigenvalue weighted by Crippen LogP contribution is 2.11. The molecule has 1 aromatic carbocycles. The van der Waals surface area contributed by atoms with Crippen LogP contribution in [-0.2, 0) is 20.0 Å². The maximum absolute atomic E-state index is 12.0. The summed E-state index contributed by atoms with van der Waals surface area (Å²) in [5.74, 6) is -1.64. The van der Waals surface area contributed by atoms with Crippen molar-refractivity contribution in [1.29, 1.82) is 0 Å². The first-order chi connectivity index (χ1) is 9.56. The Morgan fingerprint density at radius 1 is 1.24 bits per heavy atom. The molecule has 0 fully saturated rings. The molecule has 8 nitrogen and oxygen atoms in total. The second-order valence-corrected chi connectivity index (χ2v) is 8.40. The number of sulfonamides is 2. The average molecular weight is 336 g/mol. The van der Waals surface area contributed by atoms with E-state index in [1.165, 1.54) is 32.3 Å². The molecular weight excluding hydrogens is 320 g/mol. The van der Waals surface area contributed by atoms with Gasteiger partial charge >= 0.3 is 5.97 Å². The number of rotatable bonds is 7. The van der Waals surface area contributed by atoms with Gasteiger partial charge in [-0.3, -0.25) is 0 Å². The van der Waals surface area contributed by atoms with E-state index in [-0.39, 0.29) is 17.0 Å². The van der Waals surface area contributed by atoms with Crippen LogP contribution in [-0.4, -0.2) is 58.6 Å². The lowest BCUT2D eigenvalue weighted by molar-refractivity contribution is 0.0696. The molecule has 2 N–H and O–H groups in total. The zero-order valence-electron chi connectivity index (χ0n) is 11.5. The average Bonchev–Trinajstić information content (AvgIpc) is 2.38. The van der Waals surface area contributed by atoms with Gasteiger partial charge in [-0.15, -0.1) is 0 Å². The van der Waals surface area contributed by atoms with E-state index >= 15 is 0 Å². The summed E-state index contributed by atoms with van der Waals surface area (Å²) in [4.78, 5) is 10.6. The van der Waals surface area contributed by atoms with E-state index in [2.05, 4.69) is 4.72 Å². The van der Waals surface area contributed by atoms with Gasteiger partial charge in [0, 0.05) is 20.6 Å². The van der Waals surface area contributed by atoms with Crippen LogP contribution in [0.2, 0.25) is 0 Å². The van der Waals surface area contributed by atoms with Crippen molar-refractivity contribution in [3.63, 3.8) is 0 Å². The Bertz CT molecular complexity index is 725. The Labute approximate surface area is 123 Å². The molecular formula is C11H16N2O6S2. The molecule has 0 saturated heterocycles. The molecule has 0 unspecified atom stereocenters. The van der Waals surface area contributed by atoms with Gasteiger partial charge in [-0.25, -0.2) is 30.7 Å². The Morgan fingerprint density at radius 3 is 2.38 bits per heavy atom. The van der Waals surface area contributed by atoms with Crippen molar-refractivity contribution in [2.75, 3.05) is 26.4 Å². The van der Waals surface area contributed by atoms with Gasteiger partial charge in [-0.1, -0.05) is 6.07 Å². The smallest absolute Gasteiger partial charge is 0.335 e. The number of carbonyl (C=O) groups is 1. The predicted molar refractivity (Wildman–Crippen MR) is 76.1 cm³/mol. The summed E-state index contributed by atoms with van der Waals surface area (Å²) in [6.45, 7) is -0.305. The molecule has 0 aliphatic heterocycles. The standard InChI is InChI=1S/C11H16N2O6S2/c1-13(2)20(16,17)7-6-12-21(18,19)10-5-3-4-9(8-10)11(14)15/h3-5,8,12H,6-7H2,1-2H3,(H,14,15). The molecule has 1 rings (SSSR count). The number of aromatic carboxylic acids is 1. The minimum atomic E-state index is -3.96. The Balaban J connectivity index is 2.84. The van der Waals surface area contributed by atoms with Crippen molar-refractivity contribution >= 4 is 26.0 Å². The van der Waals surface area contributed by atoms with E-state index in [0.717, 1.165) is 10.4 Å². The predicted octanol–water partition coefficient (Wildman–Crippen LogP) is -0.445. The third-order valence-electron chi connectivity index (χ3n) is 2.60. The number of benzene rings is 1. The zero-order valence-corrected chi connectivity index (χ0v) is 13.1. The minimum absolute atomic E-state index is 0.168. The van der Waals surface area contributed by atoms with Crippen molar-refractivity contribution in [3.8, 4) is 0 Å². The molecule has 0 saturated carbocycles. The molecule has 1 aromatic rings. The fraction of sp³-hybridized carbons (Fsp3) is 0.364. The largest absolute Gasteiger partial charge is 0.478 e. The van der Waals surface area contributed by atoms with E-state index in [9.17, 15) is 21.6 Å². The van der Waals surface area contributed by atoms with Gasteiger partial charge in [0.1, 0.15) is 0 Å². The molecule has 0 heterocycles. The van der Waals surface area contributed by atoms with Gasteiger partial charge in [-0.2, -0.15) is 0 Å². The molecule has 10 heteroatoms. The summed E-state index contributed by atoms with van der Waals surface area (Å²) >= 11 is 0. The van der Waals surface area contributed by atoms with Crippen molar-refractivity contribution in [2.24, 2.45) is 0 Å². The van der Waals surface area contributed by atoms with Crippen LogP contribution in [0, 0.1) is 0 Å². The molecule has 0 amide bonds. The van der Waals surface area contributed by atoms with E-state index in [0.29, 0.717) is 0 Å². The maximum atomic E-state index is 12.0. The van der Waals surface area contributed by atoms with Crippen LogP contribution in [0.3, 0.4) is 0 Å². The second kappa shape index (κ2) is 6.52. The maximum Gasteiger partial charge on any atom is 0.335 e. The molecule has 0 atom stereocenters. The third-order valence-corrected chi connectivity index (χ3v) is 5.89. The van der Waals surface area contributed by atoms with Crippen LogP contribution < -0.4 is 4.72 Å². The first kappa shape index (κ1) is 17.6. The van der Waals surface area contributed by atoms with Gasteiger partial charge in [0.2, 0.25) is 20.0 Å². The van der Waals surface area contributed by atoms with E-state index in [1.807, 2.05) is 0 Å². The van der Waals surface area contributed by atoms with Crippen LogP contribution >= 0.6 is 0 Å². The lowest BCUT2D eigenvalue weighted by Gasteiger charge is -2.12. The third kappa shape index (κ3) is 4.77. The lowest BCUT2D eigenvalue weighted by atomic mass is 10.2. The number of hydrogen-bond acceptors (Lipinski definition) is 5. The summed E-state index contributed by atoms with van der Waals surface area (Å²) in [7, 11) is -4.78. The SMILES string of the molecule is CN(C)S(=O)(=O)CCNS(=O)(=O)c1cccc(C(=O)O)c1. The normalized spacial score (nSPS) is 12.5. The van der Waals surface area contributed by atoms with E-state index in [4.69, 9.17) is 5.11 Å². The van der Waals surface area contributed by atoms with Gasteiger partial charge in [0.05, 0.1) is 16.2 Å². The number of hydrogen-bond donors (Lipinski definition) is 2. The van der Waals surface area contributed by atoms with E-state index < -0.39 is 31.8 Å². The van der Waals surface area contributed by atoms with Gasteiger partial charge < -0.3 is 5.11 Å². The first-order valence-electron chi connectivity index (χ1n) is 5.79. The van der Waals surface area contributed by atoms with Crippen molar-refractivity contribution in [3.05, 3.63) is 29.8 Å².